The van der Waals surface area contributed by atoms with Crippen LogP contribution in [0.1, 0.15) is 5.56 Å². The number of aromatic nitrogens is 2. The lowest BCUT2D eigenvalue weighted by atomic mass is 10.1. The van der Waals surface area contributed by atoms with E-state index in [1.807, 2.05) is 0 Å². The number of aromatic hydroxyl groups is 1. The van der Waals surface area contributed by atoms with Crippen molar-refractivity contribution in [3.05, 3.63) is 36.0 Å². The first kappa shape index (κ1) is 14.7. The van der Waals surface area contributed by atoms with Gasteiger partial charge in [-0.05, 0) is 17.7 Å². The molecule has 1 aromatic carbocycles. The monoisotopic (exact) mass is 308 g/mol. The Labute approximate surface area is 123 Å². The second-order valence-corrected chi connectivity index (χ2v) is 4.93. The van der Waals surface area contributed by atoms with Gasteiger partial charge in [0.25, 0.3) is 0 Å². The number of hydrogen-bond donors (Lipinski definition) is 4. The molecule has 0 fully saturated rings. The number of carbonyl (C=O) groups is 2. The highest BCUT2D eigenvalue weighted by Gasteiger charge is 2.20. The second kappa shape index (κ2) is 6.66. The molecule has 0 bridgehead atoms. The fourth-order valence-corrected chi connectivity index (χ4v) is 2.01. The third-order valence-corrected chi connectivity index (χ3v) is 3.16. The molecular weight excluding hydrogens is 296 g/mol. The van der Waals surface area contributed by atoms with Crippen molar-refractivity contribution in [3.8, 4) is 5.75 Å². The third-order valence-electron chi connectivity index (χ3n) is 2.58. The van der Waals surface area contributed by atoms with Crippen LogP contribution in [0.25, 0.3) is 0 Å². The van der Waals surface area contributed by atoms with Gasteiger partial charge in [0.15, 0.2) is 0 Å². The van der Waals surface area contributed by atoms with Crippen LogP contribution >= 0.6 is 11.5 Å². The summed E-state index contributed by atoms with van der Waals surface area (Å²) < 4.78 is 3.57. The number of carboxylic acid groups (broad SMARTS) is 1. The number of carboxylic acids is 1. The third kappa shape index (κ3) is 4.42. The Morgan fingerprint density at radius 1 is 1.29 bits per heavy atom. The average Bonchev–Trinajstić information content (AvgIpc) is 2.93. The van der Waals surface area contributed by atoms with Crippen molar-refractivity contribution < 1.29 is 19.8 Å². The van der Waals surface area contributed by atoms with E-state index in [0.29, 0.717) is 10.6 Å². The van der Waals surface area contributed by atoms with Crippen molar-refractivity contribution in [1.82, 2.24) is 14.9 Å². The number of phenolic OH excluding ortho intramolecular Hbond substituents is 1. The van der Waals surface area contributed by atoms with E-state index in [0.717, 1.165) is 11.5 Å². The van der Waals surface area contributed by atoms with E-state index in [1.54, 1.807) is 12.1 Å². The first-order chi connectivity index (χ1) is 10.0. The predicted octanol–water partition coefficient (Wildman–Crippen LogP) is 1.06. The van der Waals surface area contributed by atoms with E-state index in [2.05, 4.69) is 20.2 Å². The quantitative estimate of drug-likeness (QED) is 0.654. The van der Waals surface area contributed by atoms with Gasteiger partial charge in [0.2, 0.25) is 0 Å². The Balaban J connectivity index is 1.97. The number of carbonyl (C=O) groups excluding carboxylic acids is 1. The molecular formula is C12H12N4O4S. The lowest BCUT2D eigenvalue weighted by molar-refractivity contribution is -0.139. The van der Waals surface area contributed by atoms with Crippen LogP contribution in [-0.2, 0) is 11.2 Å². The number of nitrogens with one attached hydrogen (secondary N) is 2. The summed E-state index contributed by atoms with van der Waals surface area (Å²) in [4.78, 5) is 22.9. The zero-order valence-corrected chi connectivity index (χ0v) is 11.5. The van der Waals surface area contributed by atoms with Crippen molar-refractivity contribution in [2.24, 2.45) is 0 Å². The number of rotatable bonds is 5. The van der Waals surface area contributed by atoms with Gasteiger partial charge < -0.3 is 15.5 Å². The van der Waals surface area contributed by atoms with Crippen molar-refractivity contribution in [2.45, 2.75) is 12.5 Å². The van der Waals surface area contributed by atoms with Crippen molar-refractivity contribution in [2.75, 3.05) is 5.32 Å². The number of hydrogen-bond acceptors (Lipinski definition) is 6. The summed E-state index contributed by atoms with van der Waals surface area (Å²) in [6.45, 7) is 0. The van der Waals surface area contributed by atoms with E-state index in [1.165, 1.54) is 18.3 Å². The number of anilines is 1. The SMILES string of the molecule is O=C(Nc1cnns1)N[C@@H](Cc1ccc(O)cc1)C(=O)O. The maximum absolute atomic E-state index is 11.7. The Bertz CT molecular complexity index is 615. The zero-order chi connectivity index (χ0) is 15.2. The first-order valence-electron chi connectivity index (χ1n) is 5.90. The van der Waals surface area contributed by atoms with Gasteiger partial charge in [-0.1, -0.05) is 16.6 Å². The van der Waals surface area contributed by atoms with Gasteiger partial charge >= 0.3 is 12.0 Å². The van der Waals surface area contributed by atoms with Crippen LogP contribution in [-0.4, -0.2) is 37.8 Å². The van der Waals surface area contributed by atoms with Gasteiger partial charge in [0, 0.05) is 18.0 Å². The van der Waals surface area contributed by atoms with Crippen LogP contribution in [0.4, 0.5) is 9.80 Å². The van der Waals surface area contributed by atoms with Crippen LogP contribution in [0.5, 0.6) is 5.75 Å². The lowest BCUT2D eigenvalue weighted by Crippen LogP contribution is -2.44. The van der Waals surface area contributed by atoms with E-state index in [9.17, 15) is 14.7 Å². The lowest BCUT2D eigenvalue weighted by Gasteiger charge is -2.14. The van der Waals surface area contributed by atoms with Crippen molar-refractivity contribution in [1.29, 1.82) is 0 Å². The molecule has 0 saturated carbocycles. The molecule has 2 aromatic rings. The van der Waals surface area contributed by atoms with E-state index < -0.39 is 18.0 Å². The second-order valence-electron chi connectivity index (χ2n) is 4.14. The average molecular weight is 308 g/mol. The summed E-state index contributed by atoms with van der Waals surface area (Å²) >= 11 is 0.984. The Morgan fingerprint density at radius 3 is 2.57 bits per heavy atom. The van der Waals surface area contributed by atoms with Gasteiger partial charge in [-0.3, -0.25) is 5.32 Å². The first-order valence-corrected chi connectivity index (χ1v) is 6.67. The molecule has 0 aliphatic carbocycles. The molecule has 0 radical (unpaired) electrons. The maximum Gasteiger partial charge on any atom is 0.326 e. The predicted molar refractivity (Wildman–Crippen MR) is 75.3 cm³/mol. The molecule has 0 aliphatic rings. The maximum atomic E-state index is 11.7. The van der Waals surface area contributed by atoms with Crippen LogP contribution in [0.15, 0.2) is 30.5 Å². The zero-order valence-electron chi connectivity index (χ0n) is 10.7. The number of amides is 2. The van der Waals surface area contributed by atoms with Crippen LogP contribution in [0.2, 0.25) is 0 Å². The molecule has 9 heteroatoms. The molecule has 4 N–H and O–H groups in total. The van der Waals surface area contributed by atoms with Crippen LogP contribution in [0, 0.1) is 0 Å². The standard InChI is InChI=1S/C12H12N4O4S/c17-8-3-1-7(2-4-8)5-9(11(18)19)14-12(20)15-10-6-13-16-21-10/h1-4,6,9,17H,5H2,(H,18,19)(H2,14,15,20)/t9-/m0/s1. The van der Waals surface area contributed by atoms with Crippen LogP contribution < -0.4 is 10.6 Å². The van der Waals surface area contributed by atoms with Crippen molar-refractivity contribution >= 4 is 28.5 Å². The molecule has 110 valence electrons. The Kier molecular flexibility index (Phi) is 4.67. The van der Waals surface area contributed by atoms with E-state index >= 15 is 0 Å². The molecule has 21 heavy (non-hydrogen) atoms. The molecule has 2 amide bonds. The van der Waals surface area contributed by atoms with E-state index in [4.69, 9.17) is 5.11 Å². The van der Waals surface area contributed by atoms with Gasteiger partial charge in [-0.25, -0.2) is 9.59 Å². The summed E-state index contributed by atoms with van der Waals surface area (Å²) in [5.74, 6) is -1.06. The van der Waals surface area contributed by atoms with Gasteiger partial charge in [-0.2, -0.15) is 0 Å². The number of nitrogens with zero attached hydrogens (tertiary/aromatic N) is 2. The minimum Gasteiger partial charge on any atom is -0.508 e. The largest absolute Gasteiger partial charge is 0.508 e. The Hall–Kier alpha value is -2.68. The number of phenols is 1. The summed E-state index contributed by atoms with van der Waals surface area (Å²) in [6.07, 6.45) is 1.46. The summed E-state index contributed by atoms with van der Waals surface area (Å²) in [5, 5.41) is 27.1. The number of urea groups is 1. The highest BCUT2D eigenvalue weighted by atomic mass is 32.1. The molecule has 1 aromatic heterocycles. The van der Waals surface area contributed by atoms with Crippen molar-refractivity contribution in [3.63, 3.8) is 0 Å². The topological polar surface area (TPSA) is 124 Å². The molecule has 1 atom stereocenters. The minimum absolute atomic E-state index is 0.0917. The molecule has 8 nitrogen and oxygen atoms in total. The number of benzene rings is 1. The minimum atomic E-state index is -1.15. The smallest absolute Gasteiger partial charge is 0.326 e. The highest BCUT2D eigenvalue weighted by molar-refractivity contribution is 7.10. The summed E-state index contributed by atoms with van der Waals surface area (Å²) in [6, 6.07) is 4.37. The molecule has 1 heterocycles. The Morgan fingerprint density at radius 2 is 2.00 bits per heavy atom. The normalized spacial score (nSPS) is 11.6. The van der Waals surface area contributed by atoms with Crippen LogP contribution in [0.3, 0.4) is 0 Å². The summed E-state index contributed by atoms with van der Waals surface area (Å²) in [5.41, 5.74) is 0.681. The highest BCUT2D eigenvalue weighted by Crippen LogP contribution is 2.12. The number of aliphatic carboxylic acids is 1. The molecule has 0 unspecified atom stereocenters. The van der Waals surface area contributed by atoms with Gasteiger partial charge in [0.05, 0.1) is 6.20 Å². The van der Waals surface area contributed by atoms with Gasteiger partial charge in [0.1, 0.15) is 16.8 Å². The van der Waals surface area contributed by atoms with Gasteiger partial charge in [-0.15, -0.1) is 5.10 Å². The molecule has 2 rings (SSSR count). The molecule has 0 aliphatic heterocycles. The molecule has 0 spiro atoms. The fraction of sp³-hybridized carbons (Fsp3) is 0.167. The van der Waals surface area contributed by atoms with E-state index in [-0.39, 0.29) is 12.2 Å². The molecule has 0 saturated heterocycles. The fourth-order valence-electron chi connectivity index (χ4n) is 1.60. The summed E-state index contributed by atoms with van der Waals surface area (Å²) in [7, 11) is 0.